The van der Waals surface area contributed by atoms with E-state index in [0.717, 1.165) is 23.0 Å². The molecule has 3 aromatic rings. The summed E-state index contributed by atoms with van der Waals surface area (Å²) in [6.45, 7) is 2.81. The highest BCUT2D eigenvalue weighted by atomic mass is 35.5. The predicted octanol–water partition coefficient (Wildman–Crippen LogP) is 5.11. The van der Waals surface area contributed by atoms with E-state index in [0.29, 0.717) is 10.0 Å². The van der Waals surface area contributed by atoms with E-state index >= 15 is 0 Å². The third-order valence-corrected chi connectivity index (χ3v) is 3.78. The van der Waals surface area contributed by atoms with Gasteiger partial charge in [-0.1, -0.05) is 40.9 Å². The molecular formula is C16H12Cl2N. The summed E-state index contributed by atoms with van der Waals surface area (Å²) in [6.07, 6.45) is 1.97. The van der Waals surface area contributed by atoms with Crippen molar-refractivity contribution in [1.82, 2.24) is 4.57 Å². The van der Waals surface area contributed by atoms with Crippen molar-refractivity contribution in [2.24, 2.45) is 0 Å². The first kappa shape index (κ1) is 12.6. The maximum Gasteiger partial charge on any atom is 0.0491 e. The predicted molar refractivity (Wildman–Crippen MR) is 81.1 cm³/mol. The summed E-state index contributed by atoms with van der Waals surface area (Å²) in [5.74, 6) is 0. The van der Waals surface area contributed by atoms with Gasteiger partial charge >= 0.3 is 0 Å². The fourth-order valence-corrected chi connectivity index (χ4v) is 2.67. The minimum absolute atomic E-state index is 0.660. The van der Waals surface area contributed by atoms with Crippen molar-refractivity contribution in [3.05, 3.63) is 69.8 Å². The number of nitrogens with zero attached hydrogens (tertiary/aromatic N) is 1. The molecule has 0 unspecified atom stereocenters. The van der Waals surface area contributed by atoms with Crippen LogP contribution in [0.5, 0.6) is 0 Å². The van der Waals surface area contributed by atoms with Crippen molar-refractivity contribution in [1.29, 1.82) is 0 Å². The van der Waals surface area contributed by atoms with Crippen molar-refractivity contribution in [2.75, 3.05) is 0 Å². The first-order valence-corrected chi connectivity index (χ1v) is 6.80. The Balaban J connectivity index is 2.01. The highest BCUT2D eigenvalue weighted by molar-refractivity contribution is 6.35. The van der Waals surface area contributed by atoms with Crippen LogP contribution in [0.2, 0.25) is 10.0 Å². The van der Waals surface area contributed by atoms with Gasteiger partial charge in [-0.2, -0.15) is 0 Å². The Bertz CT molecular complexity index is 744. The minimum atomic E-state index is 0.660. The molecule has 1 aromatic heterocycles. The Labute approximate surface area is 122 Å². The lowest BCUT2D eigenvalue weighted by Crippen LogP contribution is -1.98. The van der Waals surface area contributed by atoms with E-state index in [1.165, 1.54) is 5.56 Å². The van der Waals surface area contributed by atoms with Gasteiger partial charge in [-0.15, -0.1) is 0 Å². The van der Waals surface area contributed by atoms with Crippen molar-refractivity contribution in [2.45, 2.75) is 13.5 Å². The number of rotatable bonds is 2. The number of hydrogen-bond acceptors (Lipinski definition) is 0. The summed E-state index contributed by atoms with van der Waals surface area (Å²) in [5.41, 5.74) is 3.46. The monoisotopic (exact) mass is 288 g/mol. The molecule has 0 atom stereocenters. The summed E-state index contributed by atoms with van der Waals surface area (Å²) >= 11 is 12.1. The highest BCUT2D eigenvalue weighted by Crippen LogP contribution is 2.24. The molecule has 2 aromatic carbocycles. The summed E-state index contributed by atoms with van der Waals surface area (Å²) in [6, 6.07) is 15.2. The zero-order valence-electron chi connectivity index (χ0n) is 10.5. The normalized spacial score (nSPS) is 11.1. The van der Waals surface area contributed by atoms with Crippen molar-refractivity contribution < 1.29 is 0 Å². The quantitative estimate of drug-likeness (QED) is 0.618. The van der Waals surface area contributed by atoms with Crippen molar-refractivity contribution in [3.63, 3.8) is 0 Å². The number of halogens is 2. The summed E-state index contributed by atoms with van der Waals surface area (Å²) < 4.78 is 2.14. The van der Waals surface area contributed by atoms with Gasteiger partial charge in [0.05, 0.1) is 0 Å². The van der Waals surface area contributed by atoms with Crippen LogP contribution in [-0.4, -0.2) is 4.57 Å². The van der Waals surface area contributed by atoms with E-state index in [1.54, 1.807) is 6.07 Å². The molecule has 19 heavy (non-hydrogen) atoms. The fourth-order valence-electron chi connectivity index (χ4n) is 2.20. The molecule has 1 nitrogen and oxygen atoms in total. The van der Waals surface area contributed by atoms with Crippen molar-refractivity contribution in [3.8, 4) is 0 Å². The van der Waals surface area contributed by atoms with Gasteiger partial charge in [0.2, 0.25) is 0 Å². The van der Waals surface area contributed by atoms with E-state index in [-0.39, 0.29) is 0 Å². The summed E-state index contributed by atoms with van der Waals surface area (Å²) in [7, 11) is 0. The maximum absolute atomic E-state index is 6.21. The highest BCUT2D eigenvalue weighted by Gasteiger charge is 2.05. The smallest absolute Gasteiger partial charge is 0.0491 e. The van der Waals surface area contributed by atoms with Gasteiger partial charge in [-0.3, -0.25) is 0 Å². The Morgan fingerprint density at radius 3 is 2.74 bits per heavy atom. The zero-order chi connectivity index (χ0) is 13.4. The molecule has 3 rings (SSSR count). The van der Waals surface area contributed by atoms with Crippen LogP contribution in [0.3, 0.4) is 0 Å². The third-order valence-electron chi connectivity index (χ3n) is 3.19. The Morgan fingerprint density at radius 2 is 1.95 bits per heavy atom. The molecule has 1 heterocycles. The van der Waals surface area contributed by atoms with E-state index in [4.69, 9.17) is 23.2 Å². The maximum atomic E-state index is 6.21. The molecule has 0 bridgehead atoms. The van der Waals surface area contributed by atoms with Crippen LogP contribution in [-0.2, 0) is 6.54 Å². The van der Waals surface area contributed by atoms with E-state index in [1.807, 2.05) is 18.3 Å². The molecule has 0 N–H and O–H groups in total. The summed E-state index contributed by atoms with van der Waals surface area (Å²) in [4.78, 5) is 0. The Hall–Kier alpha value is -1.44. The van der Waals surface area contributed by atoms with Gasteiger partial charge in [0.15, 0.2) is 0 Å². The van der Waals surface area contributed by atoms with Gasteiger partial charge < -0.3 is 4.57 Å². The second-order valence-corrected chi connectivity index (χ2v) is 5.50. The summed E-state index contributed by atoms with van der Waals surface area (Å²) in [5, 5.41) is 2.49. The number of fused-ring (bicyclic) bond motifs is 1. The molecule has 1 radical (unpaired) electrons. The van der Waals surface area contributed by atoms with Crippen LogP contribution >= 0.6 is 23.2 Å². The van der Waals surface area contributed by atoms with Crippen LogP contribution < -0.4 is 0 Å². The van der Waals surface area contributed by atoms with Crippen LogP contribution in [0.1, 0.15) is 11.1 Å². The van der Waals surface area contributed by atoms with Crippen LogP contribution in [0.15, 0.2) is 42.6 Å². The number of aryl methyl sites for hydroxylation is 1. The average molecular weight is 289 g/mol. The molecule has 0 amide bonds. The lowest BCUT2D eigenvalue weighted by Gasteiger charge is -2.08. The molecule has 0 aliphatic heterocycles. The average Bonchev–Trinajstić information content (AvgIpc) is 2.75. The van der Waals surface area contributed by atoms with Gasteiger partial charge in [0.1, 0.15) is 0 Å². The van der Waals surface area contributed by atoms with E-state index in [2.05, 4.69) is 35.8 Å². The van der Waals surface area contributed by atoms with Gasteiger partial charge in [0.25, 0.3) is 0 Å². The first-order chi connectivity index (χ1) is 9.13. The third kappa shape index (κ3) is 2.49. The van der Waals surface area contributed by atoms with Gasteiger partial charge in [-0.25, -0.2) is 0 Å². The Kier molecular flexibility index (Phi) is 3.26. The molecule has 0 spiro atoms. The largest absolute Gasteiger partial charge is 0.342 e. The van der Waals surface area contributed by atoms with E-state index in [9.17, 15) is 0 Å². The minimum Gasteiger partial charge on any atom is -0.342 e. The Morgan fingerprint density at radius 1 is 1.11 bits per heavy atom. The molecule has 3 heteroatoms. The van der Waals surface area contributed by atoms with Gasteiger partial charge in [0, 0.05) is 39.8 Å². The lowest BCUT2D eigenvalue weighted by atomic mass is 10.2. The number of hydrogen-bond donors (Lipinski definition) is 0. The molecule has 95 valence electrons. The fraction of sp³-hybridized carbons (Fsp3) is 0.125. The van der Waals surface area contributed by atoms with E-state index < -0.39 is 0 Å². The molecule has 0 aliphatic carbocycles. The van der Waals surface area contributed by atoms with Crippen LogP contribution in [0, 0.1) is 13.0 Å². The standard InChI is InChI=1S/C16H12Cl2N/c1-11-2-5-16-12(8-11)6-7-19(16)10-13-3-4-14(17)9-15(13)18/h2-5,7-9H,10H2,1H3. The zero-order valence-corrected chi connectivity index (χ0v) is 12.0. The molecular weight excluding hydrogens is 277 g/mol. The first-order valence-electron chi connectivity index (χ1n) is 6.04. The molecule has 0 fully saturated rings. The van der Waals surface area contributed by atoms with Crippen LogP contribution in [0.4, 0.5) is 0 Å². The van der Waals surface area contributed by atoms with Crippen molar-refractivity contribution >= 4 is 34.1 Å². The van der Waals surface area contributed by atoms with Gasteiger partial charge in [-0.05, 0) is 36.8 Å². The molecule has 0 saturated heterocycles. The lowest BCUT2D eigenvalue weighted by molar-refractivity contribution is 0.836. The second-order valence-electron chi connectivity index (χ2n) is 4.66. The number of benzene rings is 2. The SMILES string of the molecule is Cc1ccc2c([c]cn2Cc2ccc(Cl)cc2Cl)c1. The molecule has 0 saturated carbocycles. The topological polar surface area (TPSA) is 4.93 Å². The molecule has 0 aliphatic rings. The number of aromatic nitrogens is 1. The van der Waals surface area contributed by atoms with Crippen LogP contribution in [0.25, 0.3) is 10.9 Å². The second kappa shape index (κ2) is 4.92.